The van der Waals surface area contributed by atoms with Crippen LogP contribution in [-0.4, -0.2) is 35.7 Å². The summed E-state index contributed by atoms with van der Waals surface area (Å²) in [7, 11) is 0. The summed E-state index contributed by atoms with van der Waals surface area (Å²) in [5, 5.41) is 1.90. The van der Waals surface area contributed by atoms with Crippen LogP contribution >= 0.6 is 0 Å². The molecule has 1 unspecified atom stereocenters. The number of nitrogens with zero attached hydrogens (tertiary/aromatic N) is 2. The van der Waals surface area contributed by atoms with Crippen molar-refractivity contribution in [3.63, 3.8) is 0 Å². The number of rotatable bonds is 4. The molecule has 33 heavy (non-hydrogen) atoms. The number of carbonyl (C=O) groups is 1. The maximum absolute atomic E-state index is 13.9. The van der Waals surface area contributed by atoms with E-state index in [-0.39, 0.29) is 17.8 Å². The summed E-state index contributed by atoms with van der Waals surface area (Å²) in [5.41, 5.74) is -4.97. The minimum Gasteiger partial charge on any atom is -0.367 e. The summed E-state index contributed by atoms with van der Waals surface area (Å²) in [5.74, 6) is -1.09. The molecule has 4 nitrogen and oxygen atoms in total. The normalized spacial score (nSPS) is 19.6. The molecule has 0 radical (unpaired) electrons. The van der Waals surface area contributed by atoms with Crippen molar-refractivity contribution >= 4 is 11.6 Å². The summed E-state index contributed by atoms with van der Waals surface area (Å²) < 4.78 is 118. The fourth-order valence-corrected chi connectivity index (χ4v) is 3.50. The molecule has 1 aliphatic rings. The van der Waals surface area contributed by atoms with Crippen molar-refractivity contribution in [1.29, 1.82) is 0 Å². The topological polar surface area (TPSA) is 45.2 Å². The van der Waals surface area contributed by atoms with Crippen LogP contribution in [0.2, 0.25) is 0 Å². The molecular formula is C20H16F9N3O. The molecule has 1 aliphatic heterocycles. The third-order valence-electron chi connectivity index (χ3n) is 5.25. The van der Waals surface area contributed by atoms with Gasteiger partial charge in [-0.25, -0.2) is 0 Å². The molecule has 3 rings (SSSR count). The van der Waals surface area contributed by atoms with Gasteiger partial charge in [0.2, 0.25) is 5.91 Å². The first-order valence-corrected chi connectivity index (χ1v) is 9.42. The Labute approximate surface area is 181 Å². The van der Waals surface area contributed by atoms with E-state index in [4.69, 9.17) is 0 Å². The van der Waals surface area contributed by atoms with E-state index < -0.39 is 60.5 Å². The highest BCUT2D eigenvalue weighted by Gasteiger charge is 2.59. The van der Waals surface area contributed by atoms with E-state index in [0.29, 0.717) is 24.4 Å². The average molecular weight is 485 g/mol. The van der Waals surface area contributed by atoms with Gasteiger partial charge in [0.1, 0.15) is 0 Å². The first kappa shape index (κ1) is 24.6. The Morgan fingerprint density at radius 1 is 0.939 bits per heavy atom. The van der Waals surface area contributed by atoms with Crippen LogP contribution in [0.15, 0.2) is 42.7 Å². The van der Waals surface area contributed by atoms with Crippen molar-refractivity contribution in [3.8, 4) is 0 Å². The van der Waals surface area contributed by atoms with Gasteiger partial charge in [-0.1, -0.05) is 12.1 Å². The van der Waals surface area contributed by atoms with Crippen LogP contribution < -0.4 is 10.2 Å². The van der Waals surface area contributed by atoms with Crippen LogP contribution in [0.4, 0.5) is 45.2 Å². The second-order valence-electron chi connectivity index (χ2n) is 7.60. The monoisotopic (exact) mass is 485 g/mol. The van der Waals surface area contributed by atoms with Gasteiger partial charge in [-0.3, -0.25) is 9.78 Å². The van der Waals surface area contributed by atoms with Crippen molar-refractivity contribution in [3.05, 3.63) is 59.4 Å². The predicted octanol–water partition coefficient (Wildman–Crippen LogP) is 4.99. The molecule has 1 atom stereocenters. The molecule has 1 N–H and O–H groups in total. The van der Waals surface area contributed by atoms with Crippen molar-refractivity contribution in [2.45, 2.75) is 36.9 Å². The molecule has 1 aromatic heterocycles. The Hall–Kier alpha value is -2.99. The molecule has 2 aromatic rings. The third-order valence-corrected chi connectivity index (χ3v) is 5.25. The van der Waals surface area contributed by atoms with E-state index in [1.54, 1.807) is 0 Å². The lowest BCUT2D eigenvalue weighted by Gasteiger charge is -2.33. The van der Waals surface area contributed by atoms with Crippen molar-refractivity contribution in [2.75, 3.05) is 18.0 Å². The minimum absolute atomic E-state index is 0.0646. The second-order valence-corrected chi connectivity index (χ2v) is 7.60. The van der Waals surface area contributed by atoms with Gasteiger partial charge in [0.25, 0.3) is 0 Å². The van der Waals surface area contributed by atoms with Gasteiger partial charge in [-0.2, -0.15) is 39.5 Å². The van der Waals surface area contributed by atoms with E-state index in [0.717, 1.165) is 23.2 Å². The predicted molar refractivity (Wildman–Crippen MR) is 98.1 cm³/mol. The number of carbonyl (C=O) groups excluding carboxylic acids is 1. The summed E-state index contributed by atoms with van der Waals surface area (Å²) >= 11 is 0. The van der Waals surface area contributed by atoms with Gasteiger partial charge >= 0.3 is 18.5 Å². The lowest BCUT2D eigenvalue weighted by Crippen LogP contribution is -2.60. The second kappa shape index (κ2) is 8.41. The number of pyridine rings is 1. The highest BCUT2D eigenvalue weighted by atomic mass is 19.4. The fourth-order valence-electron chi connectivity index (χ4n) is 3.50. The lowest BCUT2D eigenvalue weighted by molar-refractivity contribution is -0.192. The molecular weight excluding hydrogens is 469 g/mol. The van der Waals surface area contributed by atoms with E-state index >= 15 is 0 Å². The molecule has 1 saturated heterocycles. The molecule has 0 bridgehead atoms. The van der Waals surface area contributed by atoms with Crippen LogP contribution in [-0.2, 0) is 23.6 Å². The molecule has 1 aromatic carbocycles. The Morgan fingerprint density at radius 3 is 2.09 bits per heavy atom. The van der Waals surface area contributed by atoms with Gasteiger partial charge in [0.15, 0.2) is 5.54 Å². The standard InChI is InChI=1S/C20H16F9N3O/c21-18(22,23)13-3-1-12(2-4-13)7-16(33)31-17(20(27,28)29)5-6-32(11-17)15-8-14(9-30-10-15)19(24,25)26/h1-4,8-10H,5-7,11H2,(H,31,33). The Morgan fingerprint density at radius 2 is 1.55 bits per heavy atom. The van der Waals surface area contributed by atoms with Gasteiger partial charge in [-0.05, 0) is 30.2 Å². The van der Waals surface area contributed by atoms with Gasteiger partial charge in [0.05, 0.1) is 36.0 Å². The van der Waals surface area contributed by atoms with Gasteiger partial charge < -0.3 is 10.2 Å². The Bertz CT molecular complexity index is 1000. The van der Waals surface area contributed by atoms with Crippen molar-refractivity contribution in [2.24, 2.45) is 0 Å². The van der Waals surface area contributed by atoms with Gasteiger partial charge in [-0.15, -0.1) is 0 Å². The number of halogens is 9. The maximum Gasteiger partial charge on any atom is 0.417 e. The molecule has 0 aliphatic carbocycles. The van der Waals surface area contributed by atoms with Crippen LogP contribution in [0.1, 0.15) is 23.1 Å². The number of alkyl halides is 9. The average Bonchev–Trinajstić information content (AvgIpc) is 3.12. The summed E-state index contributed by atoms with van der Waals surface area (Å²) in [6.45, 7) is -1.15. The molecule has 2 heterocycles. The number of aromatic nitrogens is 1. The van der Waals surface area contributed by atoms with Crippen LogP contribution in [0.5, 0.6) is 0 Å². The molecule has 1 fully saturated rings. The van der Waals surface area contributed by atoms with Gasteiger partial charge in [0, 0.05) is 12.7 Å². The molecule has 1 amide bonds. The summed E-state index contributed by atoms with van der Waals surface area (Å²) in [6.07, 6.45) is -14.0. The first-order chi connectivity index (χ1) is 15.1. The number of anilines is 1. The molecule has 13 heteroatoms. The van der Waals surface area contributed by atoms with Crippen molar-refractivity contribution < 1.29 is 44.3 Å². The molecule has 180 valence electrons. The zero-order chi connectivity index (χ0) is 24.7. The SMILES string of the molecule is O=C(Cc1ccc(C(F)(F)F)cc1)NC1(C(F)(F)F)CCN(c2cncc(C(F)(F)F)c2)C1. The van der Waals surface area contributed by atoms with Crippen LogP contribution in [0.25, 0.3) is 0 Å². The van der Waals surface area contributed by atoms with E-state index in [1.807, 2.05) is 5.32 Å². The van der Waals surface area contributed by atoms with E-state index in [9.17, 15) is 44.3 Å². The van der Waals surface area contributed by atoms with Crippen molar-refractivity contribution in [1.82, 2.24) is 10.3 Å². The minimum atomic E-state index is -4.94. The lowest BCUT2D eigenvalue weighted by atomic mass is 9.97. The van der Waals surface area contributed by atoms with E-state index in [2.05, 4.69) is 4.98 Å². The number of hydrogen-bond acceptors (Lipinski definition) is 3. The highest BCUT2D eigenvalue weighted by molar-refractivity contribution is 5.79. The molecule has 0 saturated carbocycles. The van der Waals surface area contributed by atoms with Crippen LogP contribution in [0.3, 0.4) is 0 Å². The quantitative estimate of drug-likeness (QED) is 0.621. The Kier molecular flexibility index (Phi) is 6.28. The zero-order valence-electron chi connectivity index (χ0n) is 16.6. The first-order valence-electron chi connectivity index (χ1n) is 9.42. The number of amides is 1. The maximum atomic E-state index is 13.9. The summed E-state index contributed by atoms with van der Waals surface area (Å²) in [6, 6.07) is 4.06. The van der Waals surface area contributed by atoms with E-state index in [1.165, 1.54) is 0 Å². The number of benzene rings is 1. The number of nitrogens with one attached hydrogen (secondary N) is 1. The Balaban J connectivity index is 1.76. The highest BCUT2D eigenvalue weighted by Crippen LogP contribution is 2.40. The smallest absolute Gasteiger partial charge is 0.367 e. The largest absolute Gasteiger partial charge is 0.417 e. The fraction of sp³-hybridized carbons (Fsp3) is 0.400. The third kappa shape index (κ3) is 5.50. The van der Waals surface area contributed by atoms with Crippen LogP contribution in [0, 0.1) is 0 Å². The number of hydrogen-bond donors (Lipinski definition) is 1. The zero-order valence-corrected chi connectivity index (χ0v) is 16.6. The molecule has 0 spiro atoms. The summed E-state index contributed by atoms with van der Waals surface area (Å²) in [4.78, 5) is 16.8.